The van der Waals surface area contributed by atoms with Crippen molar-refractivity contribution in [2.75, 3.05) is 6.61 Å². The summed E-state index contributed by atoms with van der Waals surface area (Å²) in [5.41, 5.74) is 2.03. The Morgan fingerprint density at radius 1 is 1.22 bits per heavy atom. The van der Waals surface area contributed by atoms with Crippen molar-refractivity contribution in [1.29, 1.82) is 0 Å². The van der Waals surface area contributed by atoms with E-state index in [4.69, 9.17) is 9.84 Å². The SMILES string of the molecule is Cc1c(C(=O)O)cnn1-c1ccc(C(=O)N[C@@H]2CCC[C@H]3OCC[C@@H]23)cc1. The van der Waals surface area contributed by atoms with Gasteiger partial charge < -0.3 is 15.2 Å². The third-order valence-corrected chi connectivity index (χ3v) is 5.71. The number of nitrogens with zero attached hydrogens (tertiary/aromatic N) is 2. The van der Waals surface area contributed by atoms with Gasteiger partial charge in [0.1, 0.15) is 5.56 Å². The first-order valence-corrected chi connectivity index (χ1v) is 9.35. The van der Waals surface area contributed by atoms with Crippen molar-refractivity contribution >= 4 is 11.9 Å². The molecule has 7 nitrogen and oxygen atoms in total. The molecule has 2 heterocycles. The van der Waals surface area contributed by atoms with Crippen molar-refractivity contribution in [1.82, 2.24) is 15.1 Å². The molecule has 7 heteroatoms. The summed E-state index contributed by atoms with van der Waals surface area (Å²) in [5.74, 6) is -0.665. The number of carboxylic acid groups (broad SMARTS) is 1. The van der Waals surface area contributed by atoms with Crippen molar-refractivity contribution < 1.29 is 19.4 Å². The van der Waals surface area contributed by atoms with E-state index in [9.17, 15) is 9.59 Å². The Kier molecular flexibility index (Phi) is 4.70. The number of fused-ring (bicyclic) bond motifs is 1. The Bertz CT molecular complexity index is 859. The molecule has 0 unspecified atom stereocenters. The molecule has 4 rings (SSSR count). The van der Waals surface area contributed by atoms with E-state index in [2.05, 4.69) is 10.4 Å². The lowest BCUT2D eigenvalue weighted by atomic mass is 9.81. The number of amides is 1. The summed E-state index contributed by atoms with van der Waals surface area (Å²) in [4.78, 5) is 23.8. The predicted octanol–water partition coefficient (Wildman–Crippen LogP) is 2.57. The zero-order chi connectivity index (χ0) is 19.0. The van der Waals surface area contributed by atoms with Crippen molar-refractivity contribution in [3.63, 3.8) is 0 Å². The summed E-state index contributed by atoms with van der Waals surface area (Å²) in [6.45, 7) is 2.50. The molecular weight excluding hydrogens is 346 g/mol. The maximum Gasteiger partial charge on any atom is 0.339 e. The van der Waals surface area contributed by atoms with Crippen LogP contribution in [0, 0.1) is 12.8 Å². The Balaban J connectivity index is 1.47. The molecule has 2 fully saturated rings. The van der Waals surface area contributed by atoms with E-state index in [0.717, 1.165) is 38.0 Å². The van der Waals surface area contributed by atoms with Gasteiger partial charge in [0, 0.05) is 24.1 Å². The molecule has 1 aromatic heterocycles. The monoisotopic (exact) mass is 369 g/mol. The summed E-state index contributed by atoms with van der Waals surface area (Å²) < 4.78 is 7.33. The average Bonchev–Trinajstić information content (AvgIpc) is 3.29. The van der Waals surface area contributed by atoms with Gasteiger partial charge in [0.15, 0.2) is 0 Å². The molecule has 1 saturated heterocycles. The minimum atomic E-state index is -1.00. The largest absolute Gasteiger partial charge is 0.478 e. The van der Waals surface area contributed by atoms with E-state index < -0.39 is 5.97 Å². The summed E-state index contributed by atoms with van der Waals surface area (Å²) >= 11 is 0. The molecule has 2 aliphatic rings. The zero-order valence-electron chi connectivity index (χ0n) is 15.2. The van der Waals surface area contributed by atoms with E-state index in [1.54, 1.807) is 35.9 Å². The lowest BCUT2D eigenvalue weighted by Gasteiger charge is -2.33. The molecule has 0 radical (unpaired) electrons. The van der Waals surface area contributed by atoms with Crippen molar-refractivity contribution in [3.05, 3.63) is 47.3 Å². The number of nitrogens with one attached hydrogen (secondary N) is 1. The highest BCUT2D eigenvalue weighted by Crippen LogP contribution is 2.34. The maximum absolute atomic E-state index is 12.7. The quantitative estimate of drug-likeness (QED) is 0.864. The number of hydrogen-bond acceptors (Lipinski definition) is 4. The van der Waals surface area contributed by atoms with Gasteiger partial charge in [-0.25, -0.2) is 9.48 Å². The molecule has 27 heavy (non-hydrogen) atoms. The summed E-state index contributed by atoms with van der Waals surface area (Å²) in [6, 6.07) is 7.23. The van der Waals surface area contributed by atoms with Crippen LogP contribution in [0.1, 0.15) is 52.1 Å². The Hall–Kier alpha value is -2.67. The third-order valence-electron chi connectivity index (χ3n) is 5.71. The fourth-order valence-corrected chi connectivity index (χ4v) is 4.24. The predicted molar refractivity (Wildman–Crippen MR) is 98.2 cm³/mol. The molecule has 1 aliphatic carbocycles. The molecule has 142 valence electrons. The smallest absolute Gasteiger partial charge is 0.339 e. The molecule has 2 aromatic rings. The van der Waals surface area contributed by atoms with Crippen molar-refractivity contribution in [3.8, 4) is 5.69 Å². The maximum atomic E-state index is 12.7. The van der Waals surface area contributed by atoms with Crippen LogP contribution in [0.15, 0.2) is 30.5 Å². The number of carbonyl (C=O) groups is 2. The van der Waals surface area contributed by atoms with Gasteiger partial charge in [-0.05, 0) is 56.9 Å². The second kappa shape index (κ2) is 7.15. The van der Waals surface area contributed by atoms with E-state index in [1.165, 1.54) is 6.20 Å². The summed E-state index contributed by atoms with van der Waals surface area (Å²) in [7, 11) is 0. The number of carbonyl (C=O) groups excluding carboxylic acids is 1. The number of carboxylic acids is 1. The van der Waals surface area contributed by atoms with Crippen LogP contribution >= 0.6 is 0 Å². The van der Waals surface area contributed by atoms with Gasteiger partial charge in [0.25, 0.3) is 5.91 Å². The molecule has 0 spiro atoms. The Labute approximate surface area is 157 Å². The van der Waals surface area contributed by atoms with Gasteiger partial charge >= 0.3 is 5.97 Å². The molecular formula is C20H23N3O4. The molecule has 1 saturated carbocycles. The van der Waals surface area contributed by atoms with Crippen molar-refractivity contribution in [2.24, 2.45) is 5.92 Å². The van der Waals surface area contributed by atoms with Crippen LogP contribution in [0.25, 0.3) is 5.69 Å². The fourth-order valence-electron chi connectivity index (χ4n) is 4.24. The Morgan fingerprint density at radius 2 is 2.00 bits per heavy atom. The van der Waals surface area contributed by atoms with Crippen LogP contribution in [-0.2, 0) is 4.74 Å². The lowest BCUT2D eigenvalue weighted by Crippen LogP contribution is -2.45. The third kappa shape index (κ3) is 3.35. The van der Waals surface area contributed by atoms with Gasteiger partial charge in [-0.2, -0.15) is 5.10 Å². The average molecular weight is 369 g/mol. The minimum absolute atomic E-state index is 0.0810. The topological polar surface area (TPSA) is 93.5 Å². The molecule has 0 bridgehead atoms. The van der Waals surface area contributed by atoms with Gasteiger partial charge in [-0.3, -0.25) is 4.79 Å². The first-order valence-electron chi connectivity index (χ1n) is 9.35. The highest BCUT2D eigenvalue weighted by atomic mass is 16.5. The van der Waals surface area contributed by atoms with E-state index in [0.29, 0.717) is 17.2 Å². The molecule has 2 N–H and O–H groups in total. The standard InChI is InChI=1S/C20H23N3O4/c1-12-16(20(25)26)11-21-23(12)14-7-5-13(6-8-14)19(24)22-17-3-2-4-18-15(17)9-10-27-18/h5-8,11,15,17-18H,2-4,9-10H2,1H3,(H,22,24)(H,25,26)/t15-,17+,18+/m0/s1. The molecule has 1 amide bonds. The van der Waals surface area contributed by atoms with Crippen LogP contribution in [0.3, 0.4) is 0 Å². The lowest BCUT2D eigenvalue weighted by molar-refractivity contribution is 0.0510. The number of hydrogen-bond donors (Lipinski definition) is 2. The summed E-state index contributed by atoms with van der Waals surface area (Å²) in [5, 5.41) is 16.5. The summed E-state index contributed by atoms with van der Waals surface area (Å²) in [6.07, 6.45) is 5.81. The van der Waals surface area contributed by atoms with Gasteiger partial charge in [0.2, 0.25) is 0 Å². The first kappa shape index (κ1) is 17.7. The van der Waals surface area contributed by atoms with Crippen LogP contribution in [0.4, 0.5) is 0 Å². The van der Waals surface area contributed by atoms with Crippen LogP contribution in [0.2, 0.25) is 0 Å². The van der Waals surface area contributed by atoms with Crippen LogP contribution in [0.5, 0.6) is 0 Å². The van der Waals surface area contributed by atoms with E-state index in [1.807, 2.05) is 0 Å². The van der Waals surface area contributed by atoms with Gasteiger partial charge in [0.05, 0.1) is 23.7 Å². The van der Waals surface area contributed by atoms with Gasteiger partial charge in [-0.1, -0.05) is 0 Å². The molecule has 3 atom stereocenters. The molecule has 1 aromatic carbocycles. The number of benzene rings is 1. The number of ether oxygens (including phenoxy) is 1. The second-order valence-electron chi connectivity index (χ2n) is 7.28. The zero-order valence-corrected chi connectivity index (χ0v) is 15.2. The second-order valence-corrected chi connectivity index (χ2v) is 7.28. The highest BCUT2D eigenvalue weighted by molar-refractivity contribution is 5.94. The Morgan fingerprint density at radius 3 is 2.70 bits per heavy atom. The minimum Gasteiger partial charge on any atom is -0.478 e. The number of aromatic carboxylic acids is 1. The van der Waals surface area contributed by atoms with Gasteiger partial charge in [-0.15, -0.1) is 0 Å². The van der Waals surface area contributed by atoms with E-state index >= 15 is 0 Å². The number of rotatable bonds is 4. The first-order chi connectivity index (χ1) is 13.0. The molecule has 1 aliphatic heterocycles. The fraction of sp³-hybridized carbons (Fsp3) is 0.450. The van der Waals surface area contributed by atoms with Crippen molar-refractivity contribution in [2.45, 2.75) is 44.8 Å². The number of aromatic nitrogens is 2. The van der Waals surface area contributed by atoms with Crippen LogP contribution < -0.4 is 5.32 Å². The normalized spacial score (nSPS) is 24.4. The van der Waals surface area contributed by atoms with Crippen LogP contribution in [-0.4, -0.2) is 45.5 Å². The highest BCUT2D eigenvalue weighted by Gasteiger charge is 2.38. The van der Waals surface area contributed by atoms with E-state index in [-0.39, 0.29) is 23.6 Å².